The van der Waals surface area contributed by atoms with Gasteiger partial charge in [0.1, 0.15) is 11.8 Å². The maximum absolute atomic E-state index is 12.6. The molecule has 1 saturated carbocycles. The van der Waals surface area contributed by atoms with Crippen LogP contribution < -0.4 is 15.2 Å². The second-order valence-electron chi connectivity index (χ2n) is 3.87. The molecule has 2 N–H and O–H groups in total. The summed E-state index contributed by atoms with van der Waals surface area (Å²) in [5.74, 6) is -2.17. The van der Waals surface area contributed by atoms with Gasteiger partial charge in [0.15, 0.2) is 0 Å². The van der Waals surface area contributed by atoms with Crippen molar-refractivity contribution in [2.45, 2.75) is 31.4 Å². The molecule has 0 saturated heterocycles. The Morgan fingerprint density at radius 2 is 2.24 bits per heavy atom. The van der Waals surface area contributed by atoms with Crippen LogP contribution in [-0.2, 0) is 6.54 Å². The van der Waals surface area contributed by atoms with Crippen LogP contribution in [0.2, 0.25) is 0 Å². The fraction of sp³-hybridized carbons (Fsp3) is 0.600. The Morgan fingerprint density at radius 3 is 2.76 bits per heavy atom. The second kappa shape index (κ2) is 4.40. The molecule has 5 nitrogen and oxygen atoms in total. The van der Waals surface area contributed by atoms with Crippen LogP contribution in [0.15, 0.2) is 6.20 Å². The van der Waals surface area contributed by atoms with Crippen molar-refractivity contribution in [3.63, 3.8) is 0 Å². The number of nitrogens with two attached hydrogens (primary N) is 1. The SMILES string of the molecule is COc1nc(OC2CC(F)(F)C2)cnc1CN. The number of hydrogen-bond acceptors (Lipinski definition) is 5. The van der Waals surface area contributed by atoms with Crippen LogP contribution in [-0.4, -0.2) is 29.1 Å². The Kier molecular flexibility index (Phi) is 3.10. The van der Waals surface area contributed by atoms with Gasteiger partial charge >= 0.3 is 0 Å². The summed E-state index contributed by atoms with van der Waals surface area (Å²) in [7, 11) is 1.43. The first-order valence-electron chi connectivity index (χ1n) is 5.18. The highest BCUT2D eigenvalue weighted by atomic mass is 19.3. The molecule has 1 aromatic heterocycles. The molecule has 1 fully saturated rings. The molecule has 0 unspecified atom stereocenters. The van der Waals surface area contributed by atoms with Gasteiger partial charge in [-0.2, -0.15) is 4.98 Å². The smallest absolute Gasteiger partial charge is 0.255 e. The summed E-state index contributed by atoms with van der Waals surface area (Å²) in [6.45, 7) is 0.192. The first kappa shape index (κ1) is 12.0. The highest BCUT2D eigenvalue weighted by Gasteiger charge is 2.47. The van der Waals surface area contributed by atoms with Crippen molar-refractivity contribution in [2.24, 2.45) is 5.73 Å². The van der Waals surface area contributed by atoms with Gasteiger partial charge in [0.05, 0.1) is 13.3 Å². The fourth-order valence-electron chi connectivity index (χ4n) is 1.60. The quantitative estimate of drug-likeness (QED) is 0.860. The Hall–Kier alpha value is -1.50. The van der Waals surface area contributed by atoms with Gasteiger partial charge in [-0.15, -0.1) is 0 Å². The summed E-state index contributed by atoms with van der Waals surface area (Å²) in [5, 5.41) is 0. The first-order chi connectivity index (χ1) is 8.04. The lowest BCUT2D eigenvalue weighted by Crippen LogP contribution is -2.43. The summed E-state index contributed by atoms with van der Waals surface area (Å²) in [5.41, 5.74) is 5.93. The van der Waals surface area contributed by atoms with Crippen molar-refractivity contribution in [2.75, 3.05) is 7.11 Å². The number of nitrogens with zero attached hydrogens (tertiary/aromatic N) is 2. The van der Waals surface area contributed by atoms with Crippen LogP contribution >= 0.6 is 0 Å². The van der Waals surface area contributed by atoms with Gasteiger partial charge in [-0.1, -0.05) is 0 Å². The van der Waals surface area contributed by atoms with E-state index in [0.29, 0.717) is 5.69 Å². The standard InChI is InChI=1S/C10H13F2N3O2/c1-16-9-7(4-13)14-5-8(15-9)17-6-2-10(11,12)3-6/h5-6H,2-4,13H2,1H3. The predicted octanol–water partition coefficient (Wildman–Crippen LogP) is 1.12. The van der Waals surface area contributed by atoms with Crippen LogP contribution in [0.1, 0.15) is 18.5 Å². The largest absolute Gasteiger partial charge is 0.480 e. The lowest BCUT2D eigenvalue weighted by Gasteiger charge is -2.34. The molecule has 1 aliphatic rings. The normalized spacial score (nSPS) is 18.6. The Bertz CT molecular complexity index is 407. The van der Waals surface area contributed by atoms with E-state index < -0.39 is 12.0 Å². The number of aromatic nitrogens is 2. The van der Waals surface area contributed by atoms with Crippen molar-refractivity contribution >= 4 is 0 Å². The fourth-order valence-corrected chi connectivity index (χ4v) is 1.60. The third-order valence-electron chi connectivity index (χ3n) is 2.52. The zero-order chi connectivity index (χ0) is 12.5. The number of hydrogen-bond donors (Lipinski definition) is 1. The predicted molar refractivity (Wildman–Crippen MR) is 55.1 cm³/mol. The van der Waals surface area contributed by atoms with E-state index >= 15 is 0 Å². The van der Waals surface area contributed by atoms with Gasteiger partial charge < -0.3 is 15.2 Å². The summed E-state index contributed by atoms with van der Waals surface area (Å²) >= 11 is 0. The molecule has 0 amide bonds. The highest BCUT2D eigenvalue weighted by molar-refractivity contribution is 5.22. The lowest BCUT2D eigenvalue weighted by molar-refractivity contribution is -0.135. The van der Waals surface area contributed by atoms with Crippen LogP contribution in [0.25, 0.3) is 0 Å². The van der Waals surface area contributed by atoms with Gasteiger partial charge in [0.2, 0.25) is 11.8 Å². The number of alkyl halides is 2. The minimum absolute atomic E-state index is 0.180. The molecule has 0 radical (unpaired) electrons. The maximum atomic E-state index is 12.6. The average molecular weight is 245 g/mol. The molecule has 0 spiro atoms. The number of halogens is 2. The van der Waals surface area contributed by atoms with E-state index in [2.05, 4.69) is 9.97 Å². The molecule has 17 heavy (non-hydrogen) atoms. The number of ether oxygens (including phenoxy) is 2. The molecule has 2 rings (SSSR count). The molecule has 0 aromatic carbocycles. The summed E-state index contributed by atoms with van der Waals surface area (Å²) in [6, 6.07) is 0. The van der Waals surface area contributed by atoms with Crippen molar-refractivity contribution in [1.29, 1.82) is 0 Å². The Labute approximate surface area is 97.0 Å². The molecular formula is C10H13F2N3O2. The van der Waals surface area contributed by atoms with Crippen LogP contribution in [0.5, 0.6) is 11.8 Å². The number of methoxy groups -OCH3 is 1. The lowest BCUT2D eigenvalue weighted by atomic mass is 9.91. The maximum Gasteiger partial charge on any atom is 0.255 e. The molecule has 94 valence electrons. The summed E-state index contributed by atoms with van der Waals surface area (Å²) in [6.07, 6.45) is 0.291. The van der Waals surface area contributed by atoms with Crippen molar-refractivity contribution in [3.8, 4) is 11.8 Å². The highest BCUT2D eigenvalue weighted by Crippen LogP contribution is 2.39. The van der Waals surface area contributed by atoms with E-state index in [9.17, 15) is 8.78 Å². The molecule has 0 aliphatic heterocycles. The average Bonchev–Trinajstić information content (AvgIpc) is 2.26. The van der Waals surface area contributed by atoms with Gasteiger partial charge in [-0.25, -0.2) is 13.8 Å². The molecule has 0 bridgehead atoms. The van der Waals surface area contributed by atoms with E-state index in [1.54, 1.807) is 0 Å². The van der Waals surface area contributed by atoms with Crippen molar-refractivity contribution in [3.05, 3.63) is 11.9 Å². The minimum atomic E-state index is -2.61. The second-order valence-corrected chi connectivity index (χ2v) is 3.87. The Morgan fingerprint density at radius 1 is 1.53 bits per heavy atom. The van der Waals surface area contributed by atoms with Crippen LogP contribution in [0, 0.1) is 0 Å². The van der Waals surface area contributed by atoms with Crippen LogP contribution in [0.4, 0.5) is 8.78 Å². The molecule has 1 aliphatic carbocycles. The van der Waals surface area contributed by atoms with E-state index in [0.717, 1.165) is 0 Å². The summed E-state index contributed by atoms with van der Waals surface area (Å²) in [4.78, 5) is 7.99. The monoisotopic (exact) mass is 245 g/mol. The van der Waals surface area contributed by atoms with E-state index in [1.807, 2.05) is 0 Å². The van der Waals surface area contributed by atoms with Gasteiger partial charge in [0.25, 0.3) is 5.92 Å². The van der Waals surface area contributed by atoms with Crippen LogP contribution in [0.3, 0.4) is 0 Å². The zero-order valence-corrected chi connectivity index (χ0v) is 9.32. The van der Waals surface area contributed by atoms with Crippen molar-refractivity contribution in [1.82, 2.24) is 9.97 Å². The first-order valence-corrected chi connectivity index (χ1v) is 5.18. The minimum Gasteiger partial charge on any atom is -0.480 e. The van der Waals surface area contributed by atoms with Gasteiger partial charge in [-0.3, -0.25) is 0 Å². The summed E-state index contributed by atoms with van der Waals surface area (Å²) < 4.78 is 35.4. The van der Waals surface area contributed by atoms with E-state index in [1.165, 1.54) is 13.3 Å². The molecular weight excluding hydrogens is 232 g/mol. The number of rotatable bonds is 4. The third kappa shape index (κ3) is 2.60. The molecule has 1 heterocycles. The van der Waals surface area contributed by atoms with Crippen molar-refractivity contribution < 1.29 is 18.3 Å². The Balaban J connectivity index is 2.02. The van der Waals surface area contributed by atoms with E-state index in [-0.39, 0.29) is 31.1 Å². The van der Waals surface area contributed by atoms with Gasteiger partial charge in [0, 0.05) is 19.4 Å². The van der Waals surface area contributed by atoms with Gasteiger partial charge in [-0.05, 0) is 0 Å². The molecule has 0 atom stereocenters. The van der Waals surface area contributed by atoms with E-state index in [4.69, 9.17) is 15.2 Å². The topological polar surface area (TPSA) is 70.3 Å². The molecule has 7 heteroatoms. The third-order valence-corrected chi connectivity index (χ3v) is 2.52. The molecule has 1 aromatic rings. The zero-order valence-electron chi connectivity index (χ0n) is 9.32.